The van der Waals surface area contributed by atoms with Gasteiger partial charge in [-0.1, -0.05) is 0 Å². The normalized spacial score (nSPS) is 11.4. The number of nitrogens with zero attached hydrogens (tertiary/aromatic N) is 1. The van der Waals surface area contributed by atoms with Crippen molar-refractivity contribution in [1.82, 2.24) is 10.3 Å². The highest BCUT2D eigenvalue weighted by Gasteiger charge is 2.11. The van der Waals surface area contributed by atoms with E-state index >= 15 is 0 Å². The summed E-state index contributed by atoms with van der Waals surface area (Å²) in [4.78, 5) is 26.5. The molecule has 5 N–H and O–H groups in total. The molecule has 0 unspecified atom stereocenters. The quantitative estimate of drug-likeness (QED) is 0.396. The molecule has 25 heavy (non-hydrogen) atoms. The molecule has 1 atom stereocenters. The van der Waals surface area contributed by atoms with E-state index in [1.807, 2.05) is 0 Å². The highest BCUT2D eigenvalue weighted by molar-refractivity contribution is 6.03. The highest BCUT2D eigenvalue weighted by Crippen LogP contribution is 2.27. The van der Waals surface area contributed by atoms with E-state index in [4.69, 9.17) is 9.84 Å². The summed E-state index contributed by atoms with van der Waals surface area (Å²) in [7, 11) is 0. The number of aromatic nitrogens is 1. The fourth-order valence-corrected chi connectivity index (χ4v) is 1.89. The highest BCUT2D eigenvalue weighted by atomic mass is 16.5. The molecular weight excluding hydrogens is 330 g/mol. The maximum atomic E-state index is 12.1. The fourth-order valence-electron chi connectivity index (χ4n) is 1.89. The number of hydrogen-bond donors (Lipinski definition) is 5. The third-order valence-electron chi connectivity index (χ3n) is 3.07. The number of pyridine rings is 1. The number of nitrogens with one attached hydrogen (secondary N) is 2. The minimum Gasteiger partial charge on any atom is -0.508 e. The van der Waals surface area contributed by atoms with Crippen molar-refractivity contribution in [3.05, 3.63) is 42.2 Å². The standard InChI is InChI=1S/C16H17N3O6/c1-9(18-16(23)24)8-25-11-3-5-13(17-7-11)15(22)19-12-4-2-10(20)6-14(12)21/h2-7,9,18,20-21H,8H2,1H3,(H,19,22)(H,23,24)/t9-/m0/s1. The van der Waals surface area contributed by atoms with Gasteiger partial charge in [0.25, 0.3) is 5.91 Å². The number of amides is 2. The number of hydrogen-bond acceptors (Lipinski definition) is 6. The zero-order chi connectivity index (χ0) is 18.4. The van der Waals surface area contributed by atoms with Gasteiger partial charge in [0.1, 0.15) is 29.5 Å². The molecule has 9 heteroatoms. The predicted molar refractivity (Wildman–Crippen MR) is 88.1 cm³/mol. The summed E-state index contributed by atoms with van der Waals surface area (Å²) >= 11 is 0. The predicted octanol–water partition coefficient (Wildman–Crippen LogP) is 1.78. The fraction of sp³-hybridized carbons (Fsp3) is 0.188. The summed E-state index contributed by atoms with van der Waals surface area (Å²) < 4.78 is 5.37. The van der Waals surface area contributed by atoms with E-state index in [1.54, 1.807) is 6.92 Å². The Morgan fingerprint density at radius 3 is 2.60 bits per heavy atom. The van der Waals surface area contributed by atoms with Crippen molar-refractivity contribution in [3.63, 3.8) is 0 Å². The number of aromatic hydroxyl groups is 2. The van der Waals surface area contributed by atoms with E-state index in [1.165, 1.54) is 30.5 Å². The summed E-state index contributed by atoms with van der Waals surface area (Å²) in [5, 5.41) is 32.2. The molecule has 0 saturated carbocycles. The van der Waals surface area contributed by atoms with Crippen LogP contribution in [0.25, 0.3) is 0 Å². The van der Waals surface area contributed by atoms with Crippen molar-refractivity contribution in [1.29, 1.82) is 0 Å². The number of ether oxygens (including phenoxy) is 1. The van der Waals surface area contributed by atoms with Gasteiger partial charge in [-0.2, -0.15) is 0 Å². The molecule has 0 saturated heterocycles. The van der Waals surface area contributed by atoms with E-state index in [-0.39, 0.29) is 29.5 Å². The van der Waals surface area contributed by atoms with Crippen LogP contribution in [0.5, 0.6) is 17.2 Å². The van der Waals surface area contributed by atoms with Crippen LogP contribution in [0, 0.1) is 0 Å². The molecule has 1 aromatic heterocycles. The molecule has 0 aliphatic heterocycles. The van der Waals surface area contributed by atoms with Crippen LogP contribution in [0.15, 0.2) is 36.5 Å². The first-order valence-electron chi connectivity index (χ1n) is 7.27. The Bertz CT molecular complexity index is 763. The summed E-state index contributed by atoms with van der Waals surface area (Å²) in [6, 6.07) is 6.33. The van der Waals surface area contributed by atoms with Crippen molar-refractivity contribution in [2.45, 2.75) is 13.0 Å². The topological polar surface area (TPSA) is 141 Å². The van der Waals surface area contributed by atoms with E-state index in [2.05, 4.69) is 15.6 Å². The second kappa shape index (κ2) is 7.86. The van der Waals surface area contributed by atoms with Crippen LogP contribution >= 0.6 is 0 Å². The Labute approximate surface area is 142 Å². The van der Waals surface area contributed by atoms with Crippen LogP contribution in [0.4, 0.5) is 10.5 Å². The number of phenols is 2. The molecule has 0 fully saturated rings. The lowest BCUT2D eigenvalue weighted by Gasteiger charge is -2.13. The van der Waals surface area contributed by atoms with Crippen LogP contribution in [0.2, 0.25) is 0 Å². The monoisotopic (exact) mass is 347 g/mol. The van der Waals surface area contributed by atoms with Crippen LogP contribution in [-0.4, -0.2) is 45.0 Å². The van der Waals surface area contributed by atoms with E-state index in [9.17, 15) is 19.8 Å². The molecule has 1 aromatic carbocycles. The second-order valence-corrected chi connectivity index (χ2v) is 5.20. The number of carbonyl (C=O) groups excluding carboxylic acids is 1. The Hall–Kier alpha value is -3.49. The van der Waals surface area contributed by atoms with Gasteiger partial charge in [-0.3, -0.25) is 4.79 Å². The molecule has 2 amide bonds. The number of phenolic OH excluding ortho intramolecular Hbond substituents is 2. The largest absolute Gasteiger partial charge is 0.508 e. The van der Waals surface area contributed by atoms with Crippen LogP contribution in [0.1, 0.15) is 17.4 Å². The van der Waals surface area contributed by atoms with Gasteiger partial charge in [0.15, 0.2) is 0 Å². The average molecular weight is 347 g/mol. The maximum absolute atomic E-state index is 12.1. The van der Waals surface area contributed by atoms with E-state index in [0.29, 0.717) is 5.75 Å². The summed E-state index contributed by atoms with van der Waals surface area (Å²) in [6.07, 6.45) is 0.192. The van der Waals surface area contributed by atoms with Gasteiger partial charge in [0, 0.05) is 6.07 Å². The molecule has 0 radical (unpaired) electrons. The lowest BCUT2D eigenvalue weighted by Crippen LogP contribution is -2.35. The van der Waals surface area contributed by atoms with Crippen molar-refractivity contribution in [2.75, 3.05) is 11.9 Å². The van der Waals surface area contributed by atoms with Gasteiger partial charge in [0.2, 0.25) is 0 Å². The first-order chi connectivity index (χ1) is 11.8. The number of benzene rings is 1. The second-order valence-electron chi connectivity index (χ2n) is 5.20. The van der Waals surface area contributed by atoms with Crippen LogP contribution < -0.4 is 15.4 Å². The molecule has 0 bridgehead atoms. The van der Waals surface area contributed by atoms with Gasteiger partial charge >= 0.3 is 6.09 Å². The van der Waals surface area contributed by atoms with Crippen molar-refractivity contribution in [2.24, 2.45) is 0 Å². The molecular formula is C16H17N3O6. The number of carboxylic acid groups (broad SMARTS) is 1. The number of carbonyl (C=O) groups is 2. The van der Waals surface area contributed by atoms with Gasteiger partial charge < -0.3 is 30.7 Å². The Kier molecular flexibility index (Phi) is 5.62. The summed E-state index contributed by atoms with van der Waals surface area (Å²) in [5.41, 5.74) is 0.232. The Morgan fingerprint density at radius 2 is 2.00 bits per heavy atom. The lowest BCUT2D eigenvalue weighted by molar-refractivity contribution is 0.102. The van der Waals surface area contributed by atoms with Crippen molar-refractivity contribution in [3.8, 4) is 17.2 Å². The number of anilines is 1. The first-order valence-corrected chi connectivity index (χ1v) is 7.27. The lowest BCUT2D eigenvalue weighted by atomic mass is 10.2. The van der Waals surface area contributed by atoms with Crippen molar-refractivity contribution >= 4 is 17.7 Å². The zero-order valence-electron chi connectivity index (χ0n) is 13.3. The zero-order valence-corrected chi connectivity index (χ0v) is 13.3. The smallest absolute Gasteiger partial charge is 0.404 e. The SMILES string of the molecule is C[C@@H](COc1ccc(C(=O)Nc2ccc(O)cc2O)nc1)NC(=O)O. The molecule has 0 aliphatic rings. The molecule has 2 rings (SSSR count). The minimum absolute atomic E-state index is 0.0940. The van der Waals surface area contributed by atoms with Gasteiger partial charge in [-0.15, -0.1) is 0 Å². The number of rotatable bonds is 6. The van der Waals surface area contributed by atoms with Crippen molar-refractivity contribution < 1.29 is 29.6 Å². The maximum Gasteiger partial charge on any atom is 0.404 e. The van der Waals surface area contributed by atoms with Gasteiger partial charge in [-0.05, 0) is 31.2 Å². The molecule has 132 valence electrons. The molecule has 9 nitrogen and oxygen atoms in total. The molecule has 2 aromatic rings. The minimum atomic E-state index is -1.14. The van der Waals surface area contributed by atoms with Crippen LogP contribution in [0.3, 0.4) is 0 Å². The molecule has 0 aliphatic carbocycles. The van der Waals surface area contributed by atoms with E-state index in [0.717, 1.165) is 6.07 Å². The first kappa shape index (κ1) is 17.9. The third kappa shape index (κ3) is 5.27. The summed E-state index contributed by atoms with van der Waals surface area (Å²) in [5.74, 6) is -0.563. The Morgan fingerprint density at radius 1 is 1.24 bits per heavy atom. The van der Waals surface area contributed by atoms with Crippen LogP contribution in [-0.2, 0) is 0 Å². The van der Waals surface area contributed by atoms with E-state index < -0.39 is 18.0 Å². The van der Waals surface area contributed by atoms with Gasteiger partial charge in [0.05, 0.1) is 17.9 Å². The third-order valence-corrected chi connectivity index (χ3v) is 3.07. The molecule has 0 spiro atoms. The Balaban J connectivity index is 1.94. The molecule has 1 heterocycles. The van der Waals surface area contributed by atoms with Gasteiger partial charge in [-0.25, -0.2) is 9.78 Å². The summed E-state index contributed by atoms with van der Waals surface area (Å²) in [6.45, 7) is 1.76. The average Bonchev–Trinajstić information content (AvgIpc) is 2.55.